The van der Waals surface area contributed by atoms with Gasteiger partial charge >= 0.3 is 0 Å². The summed E-state index contributed by atoms with van der Waals surface area (Å²) in [5, 5.41) is 14.1. The van der Waals surface area contributed by atoms with Crippen LogP contribution in [-0.2, 0) is 22.9 Å². The lowest BCUT2D eigenvalue weighted by Crippen LogP contribution is -2.35. The second kappa shape index (κ2) is 10.7. The van der Waals surface area contributed by atoms with Gasteiger partial charge in [0.2, 0.25) is 10.0 Å². The van der Waals surface area contributed by atoms with Gasteiger partial charge in [-0.05, 0) is 78.9 Å². The fraction of sp³-hybridized carbons (Fsp3) is 0.391. The number of piperidine rings is 1. The van der Waals surface area contributed by atoms with Gasteiger partial charge in [0.15, 0.2) is 0 Å². The van der Waals surface area contributed by atoms with Crippen molar-refractivity contribution >= 4 is 45.0 Å². The summed E-state index contributed by atoms with van der Waals surface area (Å²) < 4.78 is 27.7. The normalized spacial score (nSPS) is 14.7. The van der Waals surface area contributed by atoms with Gasteiger partial charge in [0.25, 0.3) is 5.91 Å². The van der Waals surface area contributed by atoms with Crippen LogP contribution in [0, 0.1) is 10.7 Å². The van der Waals surface area contributed by atoms with Crippen molar-refractivity contribution in [2.45, 2.75) is 55.7 Å². The zero-order valence-electron chi connectivity index (χ0n) is 18.2. The van der Waals surface area contributed by atoms with Crippen LogP contribution in [0.4, 0.5) is 5.69 Å². The molecule has 0 bridgehead atoms. The lowest BCUT2D eigenvalue weighted by molar-refractivity contribution is 0.102. The van der Waals surface area contributed by atoms with Crippen LogP contribution in [-0.4, -0.2) is 31.7 Å². The highest BCUT2D eigenvalue weighted by atomic mass is 35.5. The molecule has 1 aliphatic heterocycles. The van der Waals surface area contributed by atoms with Crippen LogP contribution in [0.25, 0.3) is 0 Å². The zero-order valence-corrected chi connectivity index (χ0v) is 20.5. The van der Waals surface area contributed by atoms with Crippen molar-refractivity contribution < 1.29 is 13.2 Å². The molecule has 1 fully saturated rings. The van der Waals surface area contributed by atoms with Crippen molar-refractivity contribution in [2.75, 3.05) is 18.4 Å². The van der Waals surface area contributed by atoms with E-state index >= 15 is 0 Å². The van der Waals surface area contributed by atoms with Crippen molar-refractivity contribution in [1.29, 1.82) is 5.26 Å². The molecule has 1 aliphatic rings. The molecule has 1 heterocycles. The topological polar surface area (TPSA) is 90.3 Å². The largest absolute Gasteiger partial charge is 0.321 e. The van der Waals surface area contributed by atoms with Crippen LogP contribution >= 0.6 is 23.4 Å². The number of thioether (sulfide) groups is 1. The van der Waals surface area contributed by atoms with E-state index < -0.39 is 15.9 Å². The highest BCUT2D eigenvalue weighted by molar-refractivity contribution is 8.03. The molecule has 1 saturated heterocycles. The summed E-state index contributed by atoms with van der Waals surface area (Å²) in [5.74, 6) is -0.401. The Labute approximate surface area is 199 Å². The summed E-state index contributed by atoms with van der Waals surface area (Å²) in [7, 11) is -3.77. The number of nitrogens with one attached hydrogen (secondary N) is 1. The van der Waals surface area contributed by atoms with Gasteiger partial charge in [-0.2, -0.15) is 9.57 Å². The molecule has 1 amide bonds. The first kappa shape index (κ1) is 24.6. The second-order valence-electron chi connectivity index (χ2n) is 7.58. The summed E-state index contributed by atoms with van der Waals surface area (Å²) in [4.78, 5) is 13.9. The van der Waals surface area contributed by atoms with Crippen molar-refractivity contribution in [3.63, 3.8) is 0 Å². The molecule has 0 unspecified atom stereocenters. The number of anilines is 1. The maximum absolute atomic E-state index is 13.1. The number of hydrogen-bond donors (Lipinski definition) is 1. The van der Waals surface area contributed by atoms with E-state index in [4.69, 9.17) is 16.9 Å². The third-order valence-electron chi connectivity index (χ3n) is 5.57. The lowest BCUT2D eigenvalue weighted by atomic mass is 10.0. The van der Waals surface area contributed by atoms with Gasteiger partial charge in [0.05, 0.1) is 5.02 Å². The van der Waals surface area contributed by atoms with Crippen LogP contribution in [0.2, 0.25) is 5.02 Å². The molecule has 2 aromatic carbocycles. The molecule has 1 N–H and O–H groups in total. The maximum atomic E-state index is 13.1. The Morgan fingerprint density at radius 2 is 1.75 bits per heavy atom. The first-order valence-corrected chi connectivity index (χ1v) is 13.3. The monoisotopic (exact) mass is 491 g/mol. The molecule has 9 heteroatoms. The van der Waals surface area contributed by atoms with Crippen LogP contribution in [0.3, 0.4) is 0 Å². The highest BCUT2D eigenvalue weighted by Gasteiger charge is 2.29. The Hall–Kier alpha value is -2.05. The Morgan fingerprint density at radius 1 is 1.12 bits per heavy atom. The van der Waals surface area contributed by atoms with E-state index in [2.05, 4.69) is 10.7 Å². The Balaban J connectivity index is 1.94. The van der Waals surface area contributed by atoms with E-state index in [0.29, 0.717) is 31.6 Å². The maximum Gasteiger partial charge on any atom is 0.255 e. The summed E-state index contributed by atoms with van der Waals surface area (Å²) in [5.41, 5.74) is 2.78. The molecule has 32 heavy (non-hydrogen) atoms. The fourth-order valence-corrected chi connectivity index (χ4v) is 6.36. The number of nitrogens with zero attached hydrogens (tertiary/aromatic N) is 2. The molecule has 3 rings (SSSR count). The van der Waals surface area contributed by atoms with Crippen molar-refractivity contribution in [1.82, 2.24) is 4.31 Å². The fourth-order valence-electron chi connectivity index (χ4n) is 3.84. The summed E-state index contributed by atoms with van der Waals surface area (Å²) in [6.07, 6.45) is 4.00. The van der Waals surface area contributed by atoms with Gasteiger partial charge in [0, 0.05) is 29.2 Å². The van der Waals surface area contributed by atoms with Gasteiger partial charge in [-0.1, -0.05) is 31.9 Å². The van der Waals surface area contributed by atoms with Crippen LogP contribution in [0.5, 0.6) is 0 Å². The molecule has 0 atom stereocenters. The average molecular weight is 492 g/mol. The number of benzene rings is 2. The molecule has 0 aliphatic carbocycles. The first-order valence-electron chi connectivity index (χ1n) is 10.6. The minimum atomic E-state index is -3.77. The van der Waals surface area contributed by atoms with Gasteiger partial charge in [-0.15, -0.1) is 0 Å². The van der Waals surface area contributed by atoms with Gasteiger partial charge in [-0.25, -0.2) is 8.42 Å². The van der Waals surface area contributed by atoms with E-state index in [1.807, 2.05) is 26.0 Å². The SMILES string of the molecule is CCc1cc(SC#N)cc(CC)c1NC(=O)c1ccc(Cl)c(S(=O)(=O)N2CCCCC2)c1. The number of amides is 1. The van der Waals surface area contributed by atoms with Crippen molar-refractivity contribution in [2.24, 2.45) is 0 Å². The molecule has 0 spiro atoms. The van der Waals surface area contributed by atoms with E-state index in [1.54, 1.807) is 0 Å². The standard InChI is InChI=1S/C23H26ClN3O3S2/c1-3-16-12-19(31-15-25)13-17(4-2)22(16)26-23(28)18-8-9-20(24)21(14-18)32(29,30)27-10-6-5-7-11-27/h8-9,12-14H,3-7,10-11H2,1-2H3,(H,26,28). The molecule has 170 valence electrons. The summed E-state index contributed by atoms with van der Waals surface area (Å²) >= 11 is 7.33. The minimum absolute atomic E-state index is 0.0408. The number of aryl methyl sites for hydroxylation is 2. The van der Waals surface area contributed by atoms with Crippen LogP contribution < -0.4 is 5.32 Å². The van der Waals surface area contributed by atoms with E-state index in [1.165, 1.54) is 22.5 Å². The Bertz CT molecular complexity index is 1130. The molecule has 2 aromatic rings. The Morgan fingerprint density at radius 3 is 2.31 bits per heavy atom. The highest BCUT2D eigenvalue weighted by Crippen LogP contribution is 2.31. The van der Waals surface area contributed by atoms with Crippen LogP contribution in [0.15, 0.2) is 40.1 Å². The van der Waals surface area contributed by atoms with E-state index in [0.717, 1.165) is 47.0 Å². The number of nitriles is 1. The quantitative estimate of drug-likeness (QED) is 0.410. The smallest absolute Gasteiger partial charge is 0.255 e. The summed E-state index contributed by atoms with van der Waals surface area (Å²) in [6, 6.07) is 8.15. The van der Waals surface area contributed by atoms with Gasteiger partial charge in [-0.3, -0.25) is 4.79 Å². The van der Waals surface area contributed by atoms with Crippen molar-refractivity contribution in [3.8, 4) is 5.40 Å². The number of thiocyanates is 1. The number of carbonyl (C=O) groups excluding carboxylic acids is 1. The second-order valence-corrected chi connectivity index (χ2v) is 10.8. The molecule has 6 nitrogen and oxygen atoms in total. The average Bonchev–Trinajstić information content (AvgIpc) is 2.80. The minimum Gasteiger partial charge on any atom is -0.321 e. The van der Waals surface area contributed by atoms with Crippen LogP contribution in [0.1, 0.15) is 54.6 Å². The number of carbonyl (C=O) groups is 1. The number of hydrogen-bond acceptors (Lipinski definition) is 5. The number of halogens is 1. The van der Waals surface area contributed by atoms with E-state index in [-0.39, 0.29) is 15.5 Å². The third-order valence-corrected chi connectivity index (χ3v) is 8.51. The summed E-state index contributed by atoms with van der Waals surface area (Å²) in [6.45, 7) is 4.89. The number of rotatable bonds is 7. The molecule has 0 saturated carbocycles. The molecule has 0 aromatic heterocycles. The predicted octanol–water partition coefficient (Wildman–Crippen LogP) is 5.46. The third kappa shape index (κ3) is 5.29. The molecular formula is C23H26ClN3O3S2. The van der Waals surface area contributed by atoms with Gasteiger partial charge < -0.3 is 5.32 Å². The number of sulfonamides is 1. The molecule has 0 radical (unpaired) electrons. The van der Waals surface area contributed by atoms with Crippen molar-refractivity contribution in [3.05, 3.63) is 52.0 Å². The molecular weight excluding hydrogens is 466 g/mol. The first-order chi connectivity index (χ1) is 15.3. The van der Waals surface area contributed by atoms with E-state index in [9.17, 15) is 13.2 Å². The predicted molar refractivity (Wildman–Crippen MR) is 129 cm³/mol. The van der Waals surface area contributed by atoms with Gasteiger partial charge in [0.1, 0.15) is 10.3 Å². The zero-order chi connectivity index (χ0) is 23.3. The lowest BCUT2D eigenvalue weighted by Gasteiger charge is -2.26. The Kier molecular flexibility index (Phi) is 8.23.